The van der Waals surface area contributed by atoms with Gasteiger partial charge in [0.05, 0.1) is 34.9 Å². The summed E-state index contributed by atoms with van der Waals surface area (Å²) in [6.45, 7) is 6.75. The zero-order valence-electron chi connectivity index (χ0n) is 16.6. The average Bonchev–Trinajstić information content (AvgIpc) is 3.30. The van der Waals surface area contributed by atoms with E-state index in [0.29, 0.717) is 26.1 Å². The molecule has 0 aromatic heterocycles. The Hall–Kier alpha value is -0.870. The Kier molecular flexibility index (Phi) is 3.96. The Morgan fingerprint density at radius 3 is 2.86 bits per heavy atom. The van der Waals surface area contributed by atoms with E-state index in [-0.39, 0.29) is 12.1 Å². The largest absolute Gasteiger partial charge is 0.492 e. The summed E-state index contributed by atoms with van der Waals surface area (Å²) in [5.74, 6) is 0.756. The maximum atomic E-state index is 12.4. The van der Waals surface area contributed by atoms with Crippen molar-refractivity contribution in [3.8, 4) is 11.5 Å². The van der Waals surface area contributed by atoms with Gasteiger partial charge < -0.3 is 24.1 Å². The minimum absolute atomic E-state index is 0.0294. The molecule has 29 heavy (non-hydrogen) atoms. The summed E-state index contributed by atoms with van der Waals surface area (Å²) >= 11 is 2.32. The Labute approximate surface area is 184 Å². The predicted octanol–water partition coefficient (Wildman–Crippen LogP) is 2.38. The van der Waals surface area contributed by atoms with Gasteiger partial charge in [-0.3, -0.25) is 4.90 Å². The first-order valence-corrected chi connectivity index (χ1v) is 11.5. The maximum Gasteiger partial charge on any atom is 0.207 e. The van der Waals surface area contributed by atoms with Gasteiger partial charge in [0, 0.05) is 24.6 Å². The Morgan fingerprint density at radius 1 is 1.34 bits per heavy atom. The van der Waals surface area contributed by atoms with E-state index in [2.05, 4.69) is 40.1 Å². The van der Waals surface area contributed by atoms with E-state index in [1.54, 1.807) is 7.11 Å². The molecule has 0 radical (unpaired) electrons. The van der Waals surface area contributed by atoms with E-state index < -0.39 is 16.8 Å². The zero-order valence-corrected chi connectivity index (χ0v) is 18.7. The first kappa shape index (κ1) is 18.9. The number of nitrogens with zero attached hydrogens (tertiary/aromatic N) is 1. The summed E-state index contributed by atoms with van der Waals surface area (Å²) < 4.78 is 25.9. The minimum atomic E-state index is -0.893. The summed E-state index contributed by atoms with van der Waals surface area (Å²) in [6, 6.07) is 2.25. The highest BCUT2D eigenvalue weighted by Crippen LogP contribution is 2.68. The molecule has 6 rings (SSSR count). The molecule has 1 N–H and O–H groups in total. The van der Waals surface area contributed by atoms with Crippen molar-refractivity contribution in [2.45, 2.75) is 54.6 Å². The molecule has 1 aromatic carbocycles. The van der Waals surface area contributed by atoms with Gasteiger partial charge in [0.15, 0.2) is 17.6 Å². The second kappa shape index (κ2) is 6.09. The maximum absolute atomic E-state index is 12.4. The smallest absolute Gasteiger partial charge is 0.207 e. The molecular formula is C22H26INO5. The molecule has 3 aliphatic heterocycles. The van der Waals surface area contributed by atoms with Crippen molar-refractivity contribution in [2.24, 2.45) is 0 Å². The number of fused-ring (bicyclic) bond motifs is 1. The number of ether oxygens (including phenoxy) is 4. The van der Waals surface area contributed by atoms with Crippen LogP contribution in [0.1, 0.15) is 30.4 Å². The molecule has 156 valence electrons. The fourth-order valence-electron chi connectivity index (χ4n) is 6.96. The molecule has 2 spiro atoms. The van der Waals surface area contributed by atoms with Crippen LogP contribution < -0.4 is 9.47 Å². The number of hydrogen-bond acceptors (Lipinski definition) is 6. The molecule has 7 heteroatoms. The van der Waals surface area contributed by atoms with Crippen LogP contribution in [0.15, 0.2) is 18.7 Å². The summed E-state index contributed by atoms with van der Waals surface area (Å²) in [7, 11) is 1.69. The molecule has 1 unspecified atom stereocenters. The van der Waals surface area contributed by atoms with Crippen molar-refractivity contribution in [1.82, 2.24) is 4.90 Å². The van der Waals surface area contributed by atoms with Gasteiger partial charge in [-0.05, 0) is 60.0 Å². The van der Waals surface area contributed by atoms with Crippen LogP contribution in [0.5, 0.6) is 11.5 Å². The third-order valence-corrected chi connectivity index (χ3v) is 8.77. The van der Waals surface area contributed by atoms with Crippen molar-refractivity contribution in [2.75, 3.05) is 33.4 Å². The highest BCUT2D eigenvalue weighted by atomic mass is 127. The lowest BCUT2D eigenvalue weighted by Crippen LogP contribution is -2.79. The number of benzene rings is 1. The molecule has 2 aliphatic carbocycles. The van der Waals surface area contributed by atoms with E-state index in [4.69, 9.17) is 18.9 Å². The molecular weight excluding hydrogens is 485 g/mol. The van der Waals surface area contributed by atoms with Gasteiger partial charge in [-0.25, -0.2) is 0 Å². The number of hydrogen-bond donors (Lipinski definition) is 1. The second-order valence-corrected chi connectivity index (χ2v) is 10.1. The van der Waals surface area contributed by atoms with Crippen molar-refractivity contribution < 1.29 is 24.1 Å². The van der Waals surface area contributed by atoms with Crippen LogP contribution in [0.4, 0.5) is 0 Å². The fraction of sp³-hybridized carbons (Fsp3) is 0.636. The summed E-state index contributed by atoms with van der Waals surface area (Å²) in [5.41, 5.74) is 0.953. The number of likely N-dealkylation sites (tertiary alicyclic amines) is 1. The predicted molar refractivity (Wildman–Crippen MR) is 115 cm³/mol. The van der Waals surface area contributed by atoms with E-state index in [0.717, 1.165) is 46.6 Å². The zero-order chi connectivity index (χ0) is 20.0. The summed E-state index contributed by atoms with van der Waals surface area (Å²) in [6.07, 6.45) is 4.45. The minimum Gasteiger partial charge on any atom is -0.492 e. The molecule has 5 aliphatic rings. The summed E-state index contributed by atoms with van der Waals surface area (Å²) in [5, 5.41) is 12.4. The van der Waals surface area contributed by atoms with Gasteiger partial charge in [-0.1, -0.05) is 6.08 Å². The van der Waals surface area contributed by atoms with E-state index >= 15 is 0 Å². The van der Waals surface area contributed by atoms with Crippen molar-refractivity contribution in [3.05, 3.63) is 33.4 Å². The molecule has 4 atom stereocenters. The average molecular weight is 511 g/mol. The summed E-state index contributed by atoms with van der Waals surface area (Å²) in [4.78, 5) is 2.39. The Morgan fingerprint density at radius 2 is 2.14 bits per heavy atom. The van der Waals surface area contributed by atoms with Gasteiger partial charge in [0.25, 0.3) is 0 Å². The third kappa shape index (κ3) is 2.06. The van der Waals surface area contributed by atoms with Gasteiger partial charge >= 0.3 is 0 Å². The number of methoxy groups -OCH3 is 1. The highest BCUT2D eigenvalue weighted by Gasteiger charge is 2.77. The number of halogens is 1. The second-order valence-electron chi connectivity index (χ2n) is 8.91. The fourth-order valence-corrected chi connectivity index (χ4v) is 7.80. The molecule has 1 aromatic rings. The first-order valence-electron chi connectivity index (χ1n) is 10.4. The van der Waals surface area contributed by atoms with Crippen LogP contribution in [0.25, 0.3) is 0 Å². The molecule has 2 bridgehead atoms. The topological polar surface area (TPSA) is 60.4 Å². The highest BCUT2D eigenvalue weighted by molar-refractivity contribution is 14.1. The molecule has 2 saturated heterocycles. The van der Waals surface area contributed by atoms with Gasteiger partial charge in [-0.2, -0.15) is 0 Å². The SMILES string of the molecule is C=CCN1CC[C@]23c4c5cc(I)c(OC)c4OC2C2(CC[C@@]3(O)[C@H]1C5)OCCO2. The van der Waals surface area contributed by atoms with Gasteiger partial charge in [-0.15, -0.1) is 6.58 Å². The number of aliphatic hydroxyl groups is 1. The van der Waals surface area contributed by atoms with Crippen molar-refractivity contribution in [1.29, 1.82) is 0 Å². The number of piperidine rings is 1. The van der Waals surface area contributed by atoms with Crippen LogP contribution in [-0.2, 0) is 21.3 Å². The Bertz CT molecular complexity index is 900. The van der Waals surface area contributed by atoms with Crippen LogP contribution in [0.3, 0.4) is 0 Å². The number of rotatable bonds is 3. The molecule has 1 saturated carbocycles. The van der Waals surface area contributed by atoms with E-state index in [1.165, 1.54) is 5.56 Å². The lowest BCUT2D eigenvalue weighted by Gasteiger charge is -2.65. The standard InChI is InChI=1S/C22H26INO5/c1-3-7-24-8-6-20-16-13-11-14(23)17(26-2)18(16)29-19(20)22(27-9-10-28-22)5-4-21(20,25)15(24)12-13/h3,11,15,19,25H,1,4-10,12H2,2H3/t15-,19?,20+,21-/m1/s1. The first-order chi connectivity index (χ1) is 14.0. The van der Waals surface area contributed by atoms with Crippen LogP contribution in [-0.4, -0.2) is 67.0 Å². The van der Waals surface area contributed by atoms with Crippen molar-refractivity contribution in [3.63, 3.8) is 0 Å². The quantitative estimate of drug-likeness (QED) is 0.497. The van der Waals surface area contributed by atoms with Gasteiger partial charge in [0.1, 0.15) is 0 Å². The van der Waals surface area contributed by atoms with Crippen LogP contribution in [0.2, 0.25) is 0 Å². The lowest BCUT2D eigenvalue weighted by molar-refractivity contribution is -0.296. The third-order valence-electron chi connectivity index (χ3n) is 7.97. The molecule has 3 fully saturated rings. The molecule has 3 heterocycles. The molecule has 0 amide bonds. The van der Waals surface area contributed by atoms with Crippen molar-refractivity contribution >= 4 is 22.6 Å². The van der Waals surface area contributed by atoms with E-state index in [9.17, 15) is 5.11 Å². The normalized spacial score (nSPS) is 38.6. The lowest BCUT2D eigenvalue weighted by atomic mass is 9.48. The molecule has 6 nitrogen and oxygen atoms in total. The van der Waals surface area contributed by atoms with Crippen LogP contribution >= 0.6 is 22.6 Å². The van der Waals surface area contributed by atoms with Crippen LogP contribution in [0, 0.1) is 3.57 Å². The Balaban J connectivity index is 1.63. The monoisotopic (exact) mass is 511 g/mol. The van der Waals surface area contributed by atoms with E-state index in [1.807, 2.05) is 6.08 Å². The van der Waals surface area contributed by atoms with Gasteiger partial charge in [0.2, 0.25) is 5.79 Å².